The molecule has 0 aromatic heterocycles. The van der Waals surface area contributed by atoms with E-state index in [1.54, 1.807) is 13.0 Å². The fourth-order valence-electron chi connectivity index (χ4n) is 2.54. The van der Waals surface area contributed by atoms with E-state index in [4.69, 9.17) is 4.74 Å². The smallest absolute Gasteiger partial charge is 0.340 e. The highest BCUT2D eigenvalue weighted by Gasteiger charge is 2.24. The summed E-state index contributed by atoms with van der Waals surface area (Å²) < 4.78 is 5.03. The van der Waals surface area contributed by atoms with Crippen LogP contribution in [0.5, 0.6) is 0 Å². The molecule has 1 aromatic carbocycles. The lowest BCUT2D eigenvalue weighted by molar-refractivity contribution is -0.384. The summed E-state index contributed by atoms with van der Waals surface area (Å²) in [5, 5.41) is 10.9. The standard InChI is InChI=1S/C15H20N2O4/c1-3-21-15(18)13-10-12(17(19)20)4-5-14(13)16-8-6-11(2)7-9-16/h4-5,10-11H,3,6-9H2,1-2H3. The fraction of sp³-hybridized carbons (Fsp3) is 0.533. The molecule has 0 atom stereocenters. The Balaban J connectivity index is 2.34. The van der Waals surface area contributed by atoms with Gasteiger partial charge in [0.2, 0.25) is 0 Å². The molecule has 6 heteroatoms. The van der Waals surface area contributed by atoms with Gasteiger partial charge >= 0.3 is 5.97 Å². The van der Waals surface area contributed by atoms with Gasteiger partial charge in [0, 0.05) is 25.2 Å². The molecule has 0 unspecified atom stereocenters. The summed E-state index contributed by atoms with van der Waals surface area (Å²) in [6, 6.07) is 4.40. The average Bonchev–Trinajstić information content (AvgIpc) is 2.47. The maximum Gasteiger partial charge on any atom is 0.340 e. The molecule has 1 saturated heterocycles. The zero-order valence-electron chi connectivity index (χ0n) is 12.4. The Morgan fingerprint density at radius 2 is 2.10 bits per heavy atom. The van der Waals surface area contributed by atoms with Gasteiger partial charge < -0.3 is 9.64 Å². The highest BCUT2D eigenvalue weighted by molar-refractivity contribution is 5.96. The normalized spacial score (nSPS) is 15.8. The van der Waals surface area contributed by atoms with E-state index in [2.05, 4.69) is 11.8 Å². The number of benzene rings is 1. The van der Waals surface area contributed by atoms with Gasteiger partial charge in [0.25, 0.3) is 5.69 Å². The van der Waals surface area contributed by atoms with E-state index in [1.165, 1.54) is 12.1 Å². The predicted molar refractivity (Wildman–Crippen MR) is 79.7 cm³/mol. The minimum atomic E-state index is -0.505. The topological polar surface area (TPSA) is 72.7 Å². The fourth-order valence-corrected chi connectivity index (χ4v) is 2.54. The number of nitro benzene ring substituents is 1. The third kappa shape index (κ3) is 3.51. The molecule has 1 fully saturated rings. The third-order valence-corrected chi connectivity index (χ3v) is 3.81. The molecule has 114 valence electrons. The van der Waals surface area contributed by atoms with Gasteiger partial charge in [-0.15, -0.1) is 0 Å². The Morgan fingerprint density at radius 3 is 2.67 bits per heavy atom. The lowest BCUT2D eigenvalue weighted by atomic mass is 9.98. The highest BCUT2D eigenvalue weighted by atomic mass is 16.6. The first-order chi connectivity index (χ1) is 10.0. The van der Waals surface area contributed by atoms with Crippen molar-refractivity contribution in [2.24, 2.45) is 5.92 Å². The minimum absolute atomic E-state index is 0.0906. The monoisotopic (exact) mass is 292 g/mol. The SMILES string of the molecule is CCOC(=O)c1cc([N+](=O)[O-])ccc1N1CCC(C)CC1. The summed E-state index contributed by atoms with van der Waals surface area (Å²) in [6.45, 7) is 5.88. The molecule has 0 N–H and O–H groups in total. The molecular weight excluding hydrogens is 272 g/mol. The zero-order valence-corrected chi connectivity index (χ0v) is 12.4. The van der Waals surface area contributed by atoms with Gasteiger partial charge in [0.05, 0.1) is 22.8 Å². The number of nitrogens with zero attached hydrogens (tertiary/aromatic N) is 2. The van der Waals surface area contributed by atoms with Crippen LogP contribution in [0.15, 0.2) is 18.2 Å². The van der Waals surface area contributed by atoms with Gasteiger partial charge in [-0.05, 0) is 31.7 Å². The number of ether oxygens (including phenoxy) is 1. The number of esters is 1. The van der Waals surface area contributed by atoms with Crippen molar-refractivity contribution in [3.8, 4) is 0 Å². The van der Waals surface area contributed by atoms with Crippen LogP contribution in [0, 0.1) is 16.0 Å². The molecule has 1 aliphatic heterocycles. The van der Waals surface area contributed by atoms with Crippen molar-refractivity contribution >= 4 is 17.3 Å². The van der Waals surface area contributed by atoms with E-state index in [1.807, 2.05) is 0 Å². The second kappa shape index (κ2) is 6.56. The van der Waals surface area contributed by atoms with Gasteiger partial charge in [0.15, 0.2) is 0 Å². The van der Waals surface area contributed by atoms with Crippen molar-refractivity contribution in [2.75, 3.05) is 24.6 Å². The number of carbonyl (C=O) groups is 1. The number of piperidine rings is 1. The Kier molecular flexibility index (Phi) is 4.77. The van der Waals surface area contributed by atoms with Crippen molar-refractivity contribution in [1.82, 2.24) is 0 Å². The number of hydrogen-bond acceptors (Lipinski definition) is 5. The first kappa shape index (κ1) is 15.3. The Labute approximate surface area is 123 Å². The van der Waals surface area contributed by atoms with E-state index >= 15 is 0 Å². The molecule has 1 aromatic rings. The van der Waals surface area contributed by atoms with Gasteiger partial charge in [-0.25, -0.2) is 4.79 Å². The van der Waals surface area contributed by atoms with Gasteiger partial charge in [-0.1, -0.05) is 6.92 Å². The van der Waals surface area contributed by atoms with Crippen LogP contribution >= 0.6 is 0 Å². The van der Waals surface area contributed by atoms with E-state index < -0.39 is 10.9 Å². The van der Waals surface area contributed by atoms with Crippen molar-refractivity contribution in [1.29, 1.82) is 0 Å². The van der Waals surface area contributed by atoms with Crippen LogP contribution in [0.3, 0.4) is 0 Å². The molecule has 0 radical (unpaired) electrons. The average molecular weight is 292 g/mol. The molecule has 0 aliphatic carbocycles. The molecule has 0 amide bonds. The summed E-state index contributed by atoms with van der Waals surface area (Å²) in [5.41, 5.74) is 0.915. The molecule has 6 nitrogen and oxygen atoms in total. The van der Waals surface area contributed by atoms with E-state index in [0.717, 1.165) is 31.6 Å². The molecule has 0 spiro atoms. The number of hydrogen-bond donors (Lipinski definition) is 0. The maximum absolute atomic E-state index is 12.1. The number of anilines is 1. The van der Waals surface area contributed by atoms with Crippen LogP contribution < -0.4 is 4.90 Å². The second-order valence-corrected chi connectivity index (χ2v) is 5.35. The first-order valence-electron chi connectivity index (χ1n) is 7.23. The zero-order chi connectivity index (χ0) is 15.4. The summed E-state index contributed by atoms with van der Waals surface area (Å²) in [6.07, 6.45) is 2.11. The van der Waals surface area contributed by atoms with Gasteiger partial charge in [-0.3, -0.25) is 10.1 Å². The van der Waals surface area contributed by atoms with Crippen LogP contribution in [0.2, 0.25) is 0 Å². The number of rotatable bonds is 4. The Hall–Kier alpha value is -2.11. The number of nitro groups is 1. The van der Waals surface area contributed by atoms with Gasteiger partial charge in [-0.2, -0.15) is 0 Å². The van der Waals surface area contributed by atoms with Crippen LogP contribution in [0.1, 0.15) is 37.0 Å². The molecule has 1 heterocycles. The van der Waals surface area contributed by atoms with Crippen molar-refractivity contribution < 1.29 is 14.5 Å². The third-order valence-electron chi connectivity index (χ3n) is 3.81. The Morgan fingerprint density at radius 1 is 1.43 bits per heavy atom. The number of carbonyl (C=O) groups excluding carboxylic acids is 1. The van der Waals surface area contributed by atoms with E-state index in [9.17, 15) is 14.9 Å². The maximum atomic E-state index is 12.1. The van der Waals surface area contributed by atoms with Gasteiger partial charge in [0.1, 0.15) is 0 Å². The summed E-state index contributed by atoms with van der Waals surface area (Å²) in [4.78, 5) is 24.6. The minimum Gasteiger partial charge on any atom is -0.462 e. The molecular formula is C15H20N2O4. The number of non-ortho nitro benzene ring substituents is 1. The quantitative estimate of drug-likeness (QED) is 0.484. The summed E-state index contributed by atoms with van der Waals surface area (Å²) >= 11 is 0. The largest absolute Gasteiger partial charge is 0.462 e. The molecule has 21 heavy (non-hydrogen) atoms. The van der Waals surface area contributed by atoms with Crippen LogP contribution in [0.25, 0.3) is 0 Å². The molecule has 0 saturated carbocycles. The Bertz CT molecular complexity index is 536. The molecule has 2 rings (SSSR count). The first-order valence-corrected chi connectivity index (χ1v) is 7.23. The second-order valence-electron chi connectivity index (χ2n) is 5.35. The van der Waals surface area contributed by atoms with Crippen molar-refractivity contribution in [3.63, 3.8) is 0 Å². The summed E-state index contributed by atoms with van der Waals surface area (Å²) in [7, 11) is 0. The van der Waals surface area contributed by atoms with E-state index in [-0.39, 0.29) is 17.9 Å². The van der Waals surface area contributed by atoms with Crippen LogP contribution in [-0.2, 0) is 4.74 Å². The molecule has 1 aliphatic rings. The predicted octanol–water partition coefficient (Wildman–Crippen LogP) is 3.01. The van der Waals surface area contributed by atoms with Crippen molar-refractivity contribution in [3.05, 3.63) is 33.9 Å². The molecule has 0 bridgehead atoms. The lowest BCUT2D eigenvalue weighted by Crippen LogP contribution is -2.34. The van der Waals surface area contributed by atoms with E-state index in [0.29, 0.717) is 5.92 Å². The highest BCUT2D eigenvalue weighted by Crippen LogP contribution is 2.29. The van der Waals surface area contributed by atoms with Crippen LogP contribution in [0.4, 0.5) is 11.4 Å². The van der Waals surface area contributed by atoms with Crippen LogP contribution in [-0.4, -0.2) is 30.6 Å². The lowest BCUT2D eigenvalue weighted by Gasteiger charge is -2.33. The summed E-state index contributed by atoms with van der Waals surface area (Å²) in [5.74, 6) is 0.167. The van der Waals surface area contributed by atoms with Crippen molar-refractivity contribution in [2.45, 2.75) is 26.7 Å².